The Morgan fingerprint density at radius 2 is 1.72 bits per heavy atom. The fourth-order valence-electron chi connectivity index (χ4n) is 2.27. The van der Waals surface area contributed by atoms with E-state index in [9.17, 15) is 4.79 Å². The molecular weight excluding hydrogens is 318 g/mol. The summed E-state index contributed by atoms with van der Waals surface area (Å²) < 4.78 is 11.0. The van der Waals surface area contributed by atoms with Crippen LogP contribution in [0, 0.1) is 0 Å². The highest BCUT2D eigenvalue weighted by molar-refractivity contribution is 5.90. The van der Waals surface area contributed by atoms with E-state index in [1.54, 1.807) is 19.1 Å². The molecule has 6 heteroatoms. The lowest BCUT2D eigenvalue weighted by Crippen LogP contribution is -2.11. The number of hydrogen-bond donors (Lipinski definition) is 0. The Morgan fingerprint density at radius 1 is 1.04 bits per heavy atom. The molecule has 0 aliphatic carbocycles. The Morgan fingerprint density at radius 3 is 2.36 bits per heavy atom. The third-order valence-corrected chi connectivity index (χ3v) is 3.71. The van der Waals surface area contributed by atoms with Crippen LogP contribution in [0.25, 0.3) is 11.5 Å². The van der Waals surface area contributed by atoms with Gasteiger partial charge in [0.25, 0.3) is 5.89 Å². The molecule has 1 aromatic heterocycles. The summed E-state index contributed by atoms with van der Waals surface area (Å²) in [5.41, 5.74) is 2.30. The predicted molar refractivity (Wildman–Crippen MR) is 94.3 cm³/mol. The van der Waals surface area contributed by atoms with Gasteiger partial charge < -0.3 is 14.1 Å². The van der Waals surface area contributed by atoms with E-state index in [1.807, 2.05) is 61.5 Å². The fraction of sp³-hybridized carbons (Fsp3) is 0.211. The molecule has 0 aliphatic rings. The zero-order valence-corrected chi connectivity index (χ0v) is 14.3. The monoisotopic (exact) mass is 337 g/mol. The number of anilines is 1. The van der Waals surface area contributed by atoms with Crippen molar-refractivity contribution >= 4 is 11.7 Å². The van der Waals surface area contributed by atoms with Gasteiger partial charge >= 0.3 is 5.97 Å². The van der Waals surface area contributed by atoms with Crippen molar-refractivity contribution in [2.75, 3.05) is 19.0 Å². The molecule has 25 heavy (non-hydrogen) atoms. The number of hydrogen-bond acceptors (Lipinski definition) is 6. The van der Waals surface area contributed by atoms with E-state index in [0.29, 0.717) is 11.5 Å². The molecule has 1 unspecified atom stereocenters. The number of rotatable bonds is 5. The summed E-state index contributed by atoms with van der Waals surface area (Å²) >= 11 is 0. The van der Waals surface area contributed by atoms with Crippen LogP contribution in [0.3, 0.4) is 0 Å². The van der Waals surface area contributed by atoms with Gasteiger partial charge in [-0.2, -0.15) is 0 Å². The fourth-order valence-corrected chi connectivity index (χ4v) is 2.27. The van der Waals surface area contributed by atoms with Crippen LogP contribution in [0.5, 0.6) is 0 Å². The SMILES string of the molecule is CC(OC(=O)c1ccc(N(C)C)cc1)c1nnc(-c2ccccc2)o1. The Balaban J connectivity index is 1.68. The second-order valence-corrected chi connectivity index (χ2v) is 5.80. The van der Waals surface area contributed by atoms with Gasteiger partial charge in [-0.3, -0.25) is 0 Å². The van der Waals surface area contributed by atoms with Crippen molar-refractivity contribution in [3.05, 3.63) is 66.1 Å². The number of benzene rings is 2. The molecule has 0 saturated heterocycles. The van der Waals surface area contributed by atoms with Crippen molar-refractivity contribution in [1.29, 1.82) is 0 Å². The van der Waals surface area contributed by atoms with Gasteiger partial charge in [-0.25, -0.2) is 4.79 Å². The van der Waals surface area contributed by atoms with Gasteiger partial charge in [-0.05, 0) is 43.3 Å². The molecule has 0 spiro atoms. The first kappa shape index (κ1) is 16.7. The van der Waals surface area contributed by atoms with Crippen molar-refractivity contribution < 1.29 is 13.9 Å². The Bertz CT molecular complexity index is 842. The minimum absolute atomic E-state index is 0.261. The van der Waals surface area contributed by atoms with Gasteiger partial charge in [0.15, 0.2) is 6.10 Å². The van der Waals surface area contributed by atoms with E-state index in [1.165, 1.54) is 0 Å². The van der Waals surface area contributed by atoms with Crippen LogP contribution in [0.2, 0.25) is 0 Å². The van der Waals surface area contributed by atoms with Crippen LogP contribution >= 0.6 is 0 Å². The lowest BCUT2D eigenvalue weighted by molar-refractivity contribution is 0.0280. The second-order valence-electron chi connectivity index (χ2n) is 5.80. The Hall–Kier alpha value is -3.15. The van der Waals surface area contributed by atoms with Crippen molar-refractivity contribution in [1.82, 2.24) is 10.2 Å². The van der Waals surface area contributed by atoms with E-state index in [4.69, 9.17) is 9.15 Å². The molecule has 0 N–H and O–H groups in total. The summed E-state index contributed by atoms with van der Waals surface area (Å²) in [7, 11) is 3.88. The first-order chi connectivity index (χ1) is 12.0. The number of nitrogens with zero attached hydrogens (tertiary/aromatic N) is 3. The van der Waals surface area contributed by atoms with Crippen molar-refractivity contribution in [3.8, 4) is 11.5 Å². The summed E-state index contributed by atoms with van der Waals surface area (Å²) in [5.74, 6) is 0.225. The van der Waals surface area contributed by atoms with Gasteiger partial charge in [0.1, 0.15) is 0 Å². The minimum atomic E-state index is -0.633. The molecule has 0 bridgehead atoms. The second kappa shape index (κ2) is 7.17. The van der Waals surface area contributed by atoms with Gasteiger partial charge in [0, 0.05) is 25.3 Å². The first-order valence-corrected chi connectivity index (χ1v) is 7.92. The number of carbonyl (C=O) groups excluding carboxylic acids is 1. The quantitative estimate of drug-likeness (QED) is 0.661. The molecule has 2 aromatic carbocycles. The average Bonchev–Trinajstić information content (AvgIpc) is 3.13. The molecule has 128 valence electrons. The largest absolute Gasteiger partial charge is 0.449 e. The highest BCUT2D eigenvalue weighted by atomic mass is 16.6. The zero-order chi connectivity index (χ0) is 17.8. The topological polar surface area (TPSA) is 68.5 Å². The van der Waals surface area contributed by atoms with Crippen LogP contribution < -0.4 is 4.90 Å². The lowest BCUT2D eigenvalue weighted by atomic mass is 10.2. The number of ether oxygens (including phenoxy) is 1. The van der Waals surface area contributed by atoms with E-state index in [-0.39, 0.29) is 5.89 Å². The predicted octanol–water partition coefficient (Wildman–Crippen LogP) is 3.72. The number of aromatic nitrogens is 2. The van der Waals surface area contributed by atoms with Crippen LogP contribution in [0.1, 0.15) is 29.3 Å². The molecule has 0 aliphatic heterocycles. The highest BCUT2D eigenvalue weighted by Crippen LogP contribution is 2.23. The van der Waals surface area contributed by atoms with Gasteiger partial charge in [-0.1, -0.05) is 18.2 Å². The van der Waals surface area contributed by atoms with E-state index in [2.05, 4.69) is 10.2 Å². The zero-order valence-electron chi connectivity index (χ0n) is 14.3. The van der Waals surface area contributed by atoms with Crippen LogP contribution in [-0.2, 0) is 4.74 Å². The molecule has 1 heterocycles. The highest BCUT2D eigenvalue weighted by Gasteiger charge is 2.20. The maximum Gasteiger partial charge on any atom is 0.338 e. The number of carbonyl (C=O) groups is 1. The average molecular weight is 337 g/mol. The van der Waals surface area contributed by atoms with Gasteiger partial charge in [0.2, 0.25) is 5.89 Å². The van der Waals surface area contributed by atoms with Gasteiger partial charge in [0.05, 0.1) is 5.56 Å². The Labute approximate surface area is 146 Å². The molecule has 1 atom stereocenters. The number of esters is 1. The molecular formula is C19H19N3O3. The minimum Gasteiger partial charge on any atom is -0.449 e. The van der Waals surface area contributed by atoms with Gasteiger partial charge in [-0.15, -0.1) is 10.2 Å². The van der Waals surface area contributed by atoms with E-state index < -0.39 is 12.1 Å². The van der Waals surface area contributed by atoms with Crippen LogP contribution in [0.4, 0.5) is 5.69 Å². The van der Waals surface area contributed by atoms with Crippen LogP contribution in [0.15, 0.2) is 59.0 Å². The molecule has 0 saturated carbocycles. The molecule has 0 radical (unpaired) electrons. The summed E-state index contributed by atoms with van der Waals surface area (Å²) in [6.45, 7) is 1.70. The van der Waals surface area contributed by atoms with E-state index >= 15 is 0 Å². The summed E-state index contributed by atoms with van der Waals surface area (Å²) in [6.07, 6.45) is -0.633. The third kappa shape index (κ3) is 3.85. The molecule has 3 rings (SSSR count). The maximum absolute atomic E-state index is 12.3. The standard InChI is InChI=1S/C19H19N3O3/c1-13(17-20-21-18(25-17)14-7-5-4-6-8-14)24-19(23)15-9-11-16(12-10-15)22(2)3/h4-13H,1-3H3. The third-order valence-electron chi connectivity index (χ3n) is 3.71. The molecule has 3 aromatic rings. The first-order valence-electron chi connectivity index (χ1n) is 7.92. The summed E-state index contributed by atoms with van der Waals surface area (Å²) in [4.78, 5) is 14.2. The van der Waals surface area contributed by atoms with Crippen molar-refractivity contribution in [2.45, 2.75) is 13.0 Å². The van der Waals surface area contributed by atoms with Crippen molar-refractivity contribution in [2.24, 2.45) is 0 Å². The summed E-state index contributed by atoms with van der Waals surface area (Å²) in [5, 5.41) is 7.98. The Kier molecular flexibility index (Phi) is 4.79. The lowest BCUT2D eigenvalue weighted by Gasteiger charge is -2.13. The smallest absolute Gasteiger partial charge is 0.338 e. The summed E-state index contributed by atoms with van der Waals surface area (Å²) in [6, 6.07) is 16.6. The maximum atomic E-state index is 12.3. The molecule has 6 nitrogen and oxygen atoms in total. The molecule has 0 amide bonds. The molecule has 0 fully saturated rings. The van der Waals surface area contributed by atoms with E-state index in [0.717, 1.165) is 11.3 Å². The normalized spacial score (nSPS) is 11.8. The van der Waals surface area contributed by atoms with Crippen LogP contribution in [-0.4, -0.2) is 30.3 Å². The van der Waals surface area contributed by atoms with Crippen molar-refractivity contribution in [3.63, 3.8) is 0 Å².